The third-order valence-corrected chi connectivity index (χ3v) is 6.36. The van der Waals surface area contributed by atoms with Crippen molar-refractivity contribution in [2.45, 2.75) is 36.1 Å². The average Bonchev–Trinajstić information content (AvgIpc) is 2.82. The predicted molar refractivity (Wildman–Crippen MR) is 79.7 cm³/mol. The number of nitrogens with two attached hydrogens (primary N) is 1. The molecule has 0 amide bonds. The van der Waals surface area contributed by atoms with Crippen LogP contribution >= 0.6 is 27.5 Å². The Kier molecular flexibility index (Phi) is 4.76. The number of hydrogen-bond donors (Lipinski definition) is 2. The fourth-order valence-electron chi connectivity index (χ4n) is 2.45. The summed E-state index contributed by atoms with van der Waals surface area (Å²) in [5.41, 5.74) is 5.02. The molecule has 1 aromatic carbocycles. The molecule has 112 valence electrons. The molecule has 1 saturated carbocycles. The Morgan fingerprint density at radius 1 is 1.40 bits per heavy atom. The first-order valence-corrected chi connectivity index (χ1v) is 8.84. The van der Waals surface area contributed by atoms with E-state index in [0.29, 0.717) is 17.3 Å². The second-order valence-corrected chi connectivity index (χ2v) is 7.91. The Balaban J connectivity index is 2.38. The molecule has 0 aromatic heterocycles. The smallest absolute Gasteiger partial charge is 0.244 e. The highest BCUT2D eigenvalue weighted by Gasteiger charge is 2.37. The lowest BCUT2D eigenvalue weighted by molar-refractivity contribution is 0.398. The maximum absolute atomic E-state index is 13.9. The van der Waals surface area contributed by atoms with Crippen molar-refractivity contribution in [2.24, 2.45) is 5.73 Å². The molecule has 0 spiro atoms. The highest BCUT2D eigenvalue weighted by Crippen LogP contribution is 2.32. The van der Waals surface area contributed by atoms with Gasteiger partial charge >= 0.3 is 0 Å². The molecule has 0 atom stereocenters. The normalized spacial score (nSPS) is 18.4. The van der Waals surface area contributed by atoms with E-state index >= 15 is 0 Å². The maximum atomic E-state index is 13.9. The summed E-state index contributed by atoms with van der Waals surface area (Å²) in [6.07, 6.45) is 3.13. The van der Waals surface area contributed by atoms with Crippen LogP contribution in [0.1, 0.15) is 25.7 Å². The van der Waals surface area contributed by atoms with Gasteiger partial charge in [-0.3, -0.25) is 0 Å². The summed E-state index contributed by atoms with van der Waals surface area (Å²) >= 11 is 8.90. The molecule has 20 heavy (non-hydrogen) atoms. The Labute approximate surface area is 131 Å². The molecule has 1 aliphatic carbocycles. The summed E-state index contributed by atoms with van der Waals surface area (Å²) in [6.45, 7) is 0.193. The highest BCUT2D eigenvalue weighted by molar-refractivity contribution is 9.10. The van der Waals surface area contributed by atoms with Gasteiger partial charge in [-0.1, -0.05) is 24.4 Å². The molecule has 0 aliphatic heterocycles. The first-order valence-electron chi connectivity index (χ1n) is 6.18. The lowest BCUT2D eigenvalue weighted by Gasteiger charge is -2.28. The van der Waals surface area contributed by atoms with E-state index in [0.717, 1.165) is 25.0 Å². The molecular weight excluding hydrogens is 371 g/mol. The van der Waals surface area contributed by atoms with Crippen molar-refractivity contribution >= 4 is 37.6 Å². The first kappa shape index (κ1) is 16.2. The van der Waals surface area contributed by atoms with Crippen molar-refractivity contribution in [3.05, 3.63) is 27.4 Å². The predicted octanol–water partition coefficient (Wildman–Crippen LogP) is 2.79. The molecule has 0 heterocycles. The number of hydrogen-bond acceptors (Lipinski definition) is 3. The van der Waals surface area contributed by atoms with Crippen LogP contribution in [0.4, 0.5) is 4.39 Å². The maximum Gasteiger partial charge on any atom is 0.244 e. The lowest BCUT2D eigenvalue weighted by Crippen LogP contribution is -2.51. The van der Waals surface area contributed by atoms with E-state index in [-0.39, 0.29) is 11.6 Å². The average molecular weight is 386 g/mol. The molecule has 0 unspecified atom stereocenters. The third-order valence-electron chi connectivity index (χ3n) is 3.57. The van der Waals surface area contributed by atoms with Crippen molar-refractivity contribution in [1.29, 1.82) is 0 Å². The number of sulfonamides is 1. The topological polar surface area (TPSA) is 72.2 Å². The molecule has 1 aliphatic rings. The molecular formula is C12H15BrClFN2O2S. The Hall–Kier alpha value is -0.210. The van der Waals surface area contributed by atoms with Gasteiger partial charge < -0.3 is 5.73 Å². The van der Waals surface area contributed by atoms with Gasteiger partial charge in [0.25, 0.3) is 0 Å². The minimum Gasteiger partial charge on any atom is -0.329 e. The van der Waals surface area contributed by atoms with Crippen molar-refractivity contribution in [3.8, 4) is 0 Å². The van der Waals surface area contributed by atoms with Gasteiger partial charge in [0.15, 0.2) is 0 Å². The first-order chi connectivity index (χ1) is 9.30. The van der Waals surface area contributed by atoms with Crippen molar-refractivity contribution in [1.82, 2.24) is 4.72 Å². The zero-order valence-corrected chi connectivity index (χ0v) is 13.8. The van der Waals surface area contributed by atoms with Gasteiger partial charge in [0.1, 0.15) is 10.7 Å². The number of halogens is 3. The lowest BCUT2D eigenvalue weighted by atomic mass is 10.0. The van der Waals surface area contributed by atoms with Crippen LogP contribution in [0.15, 0.2) is 21.5 Å². The molecule has 3 N–H and O–H groups in total. The largest absolute Gasteiger partial charge is 0.329 e. The second kappa shape index (κ2) is 5.88. The minimum atomic E-state index is -3.99. The van der Waals surface area contributed by atoms with Crippen LogP contribution in [0, 0.1) is 5.82 Å². The van der Waals surface area contributed by atoms with Crippen molar-refractivity contribution in [2.75, 3.05) is 6.54 Å². The Morgan fingerprint density at radius 2 is 2.00 bits per heavy atom. The fraction of sp³-hybridized carbons (Fsp3) is 0.500. The van der Waals surface area contributed by atoms with Crippen molar-refractivity contribution in [3.63, 3.8) is 0 Å². The summed E-state index contributed by atoms with van der Waals surface area (Å²) in [4.78, 5) is -0.453. The van der Waals surface area contributed by atoms with Crippen LogP contribution in [0.2, 0.25) is 5.02 Å². The number of benzene rings is 1. The summed E-state index contributed by atoms with van der Waals surface area (Å²) in [7, 11) is -3.99. The molecule has 1 fully saturated rings. The second-order valence-electron chi connectivity index (χ2n) is 4.99. The SMILES string of the molecule is NCC1(NS(=O)(=O)c2cc(Cl)c(Br)cc2F)CCCC1. The van der Waals surface area contributed by atoms with Crippen LogP contribution in [-0.4, -0.2) is 20.5 Å². The van der Waals surface area contributed by atoms with Crippen LogP contribution in [0.5, 0.6) is 0 Å². The highest BCUT2D eigenvalue weighted by atomic mass is 79.9. The summed E-state index contributed by atoms with van der Waals surface area (Å²) < 4.78 is 41.5. The van der Waals surface area contributed by atoms with Crippen LogP contribution in [-0.2, 0) is 10.0 Å². The van der Waals surface area contributed by atoms with E-state index in [1.807, 2.05) is 0 Å². The van der Waals surface area contributed by atoms with Gasteiger partial charge in [0.05, 0.1) is 5.02 Å². The quantitative estimate of drug-likeness (QED) is 0.783. The van der Waals surface area contributed by atoms with E-state index < -0.39 is 26.3 Å². The molecule has 0 bridgehead atoms. The van der Waals surface area contributed by atoms with Gasteiger partial charge in [-0.15, -0.1) is 0 Å². The van der Waals surface area contributed by atoms with Gasteiger partial charge in [-0.05, 0) is 40.9 Å². The van der Waals surface area contributed by atoms with E-state index in [9.17, 15) is 12.8 Å². The summed E-state index contributed by atoms with van der Waals surface area (Å²) in [6, 6.07) is 2.14. The molecule has 4 nitrogen and oxygen atoms in total. The Bertz CT molecular complexity index is 618. The molecule has 0 saturated heterocycles. The zero-order chi connectivity index (χ0) is 15.0. The fourth-order valence-corrected chi connectivity index (χ4v) is 4.55. The van der Waals surface area contributed by atoms with Gasteiger partial charge in [-0.25, -0.2) is 17.5 Å². The van der Waals surface area contributed by atoms with E-state index in [1.54, 1.807) is 0 Å². The van der Waals surface area contributed by atoms with E-state index in [2.05, 4.69) is 20.7 Å². The standard InChI is InChI=1S/C12H15BrClFN2O2S/c13-8-5-10(15)11(6-9(8)14)20(18,19)17-12(7-16)3-1-2-4-12/h5-6,17H,1-4,7,16H2. The van der Waals surface area contributed by atoms with Crippen LogP contribution in [0.3, 0.4) is 0 Å². The summed E-state index contributed by atoms with van der Waals surface area (Å²) in [5.74, 6) is -0.848. The molecule has 8 heteroatoms. The molecule has 2 rings (SSSR count). The molecule has 0 radical (unpaired) electrons. The van der Waals surface area contributed by atoms with Crippen LogP contribution in [0.25, 0.3) is 0 Å². The minimum absolute atomic E-state index is 0.139. The van der Waals surface area contributed by atoms with Crippen LogP contribution < -0.4 is 10.5 Å². The van der Waals surface area contributed by atoms with Gasteiger partial charge in [-0.2, -0.15) is 0 Å². The third kappa shape index (κ3) is 3.17. The van der Waals surface area contributed by atoms with Gasteiger partial charge in [0, 0.05) is 16.6 Å². The van der Waals surface area contributed by atoms with E-state index in [4.69, 9.17) is 17.3 Å². The van der Waals surface area contributed by atoms with Crippen molar-refractivity contribution < 1.29 is 12.8 Å². The van der Waals surface area contributed by atoms with E-state index in [1.165, 1.54) is 0 Å². The Morgan fingerprint density at radius 3 is 2.55 bits per heavy atom. The monoisotopic (exact) mass is 384 g/mol. The molecule has 1 aromatic rings. The van der Waals surface area contributed by atoms with Gasteiger partial charge in [0.2, 0.25) is 10.0 Å². The summed E-state index contributed by atoms with van der Waals surface area (Å²) in [5, 5.41) is 0.139. The zero-order valence-electron chi connectivity index (χ0n) is 10.6. The number of rotatable bonds is 4. The number of nitrogens with one attached hydrogen (secondary N) is 1.